The van der Waals surface area contributed by atoms with Gasteiger partial charge in [-0.05, 0) is 55.7 Å². The van der Waals surface area contributed by atoms with E-state index in [9.17, 15) is 13.2 Å². The Hall–Kier alpha value is -2.58. The van der Waals surface area contributed by atoms with Crippen LogP contribution in [0, 0.1) is 6.92 Å². The number of rotatable bonds is 4. The minimum atomic E-state index is -3.59. The maximum Gasteiger partial charge on any atom is 0.255 e. The molecule has 1 N–H and O–H groups in total. The number of sulfonamides is 1. The Kier molecular flexibility index (Phi) is 5.97. The van der Waals surface area contributed by atoms with Gasteiger partial charge in [-0.25, -0.2) is 8.42 Å². The lowest BCUT2D eigenvalue weighted by Gasteiger charge is -2.26. The summed E-state index contributed by atoms with van der Waals surface area (Å²) in [5, 5.41) is 2.81. The van der Waals surface area contributed by atoms with Gasteiger partial charge in [-0.3, -0.25) is 4.79 Å². The number of hydrogen-bond acceptors (Lipinski definition) is 5. The van der Waals surface area contributed by atoms with Crippen LogP contribution in [0.25, 0.3) is 0 Å². The highest BCUT2D eigenvalue weighted by Gasteiger charge is 2.27. The first kappa shape index (κ1) is 20.7. The van der Waals surface area contributed by atoms with E-state index in [0.29, 0.717) is 54.6 Å². The summed E-state index contributed by atoms with van der Waals surface area (Å²) in [6, 6.07) is 10.0. The number of nitrogens with zero attached hydrogens (tertiary/aromatic N) is 1. The van der Waals surface area contributed by atoms with E-state index in [2.05, 4.69) is 5.32 Å². The number of carbonyl (C=O) groups is 1. The molecule has 0 saturated carbocycles. The van der Waals surface area contributed by atoms with Crippen molar-refractivity contribution in [3.8, 4) is 11.5 Å². The zero-order chi connectivity index (χ0) is 21.1. The molecule has 8 heteroatoms. The zero-order valence-electron chi connectivity index (χ0n) is 17.0. The van der Waals surface area contributed by atoms with E-state index in [1.165, 1.54) is 4.31 Å². The van der Waals surface area contributed by atoms with Gasteiger partial charge in [0.1, 0.15) is 0 Å². The molecule has 1 amide bonds. The van der Waals surface area contributed by atoms with Crippen LogP contribution in [0.4, 0.5) is 5.69 Å². The largest absolute Gasteiger partial charge is 0.490 e. The second-order valence-electron chi connectivity index (χ2n) is 7.61. The van der Waals surface area contributed by atoms with Gasteiger partial charge in [0, 0.05) is 30.8 Å². The van der Waals surface area contributed by atoms with Crippen molar-refractivity contribution >= 4 is 21.6 Å². The molecule has 2 heterocycles. The molecule has 30 heavy (non-hydrogen) atoms. The first-order valence-electron chi connectivity index (χ1n) is 10.3. The van der Waals surface area contributed by atoms with E-state index < -0.39 is 10.0 Å². The standard InChI is InChI=1S/C22H26N2O5S/c1-16-6-8-18(15-21(16)30(26,27)24-10-3-2-4-11-24)23-22(25)17-7-9-19-20(14-17)29-13-5-12-28-19/h6-9,14-15H,2-5,10-13H2,1H3,(H,23,25). The Morgan fingerprint density at radius 1 is 0.933 bits per heavy atom. The van der Waals surface area contributed by atoms with E-state index in [0.717, 1.165) is 25.7 Å². The van der Waals surface area contributed by atoms with Gasteiger partial charge in [0.15, 0.2) is 11.5 Å². The monoisotopic (exact) mass is 430 g/mol. The molecule has 7 nitrogen and oxygen atoms in total. The number of nitrogens with one attached hydrogen (secondary N) is 1. The quantitative estimate of drug-likeness (QED) is 0.801. The first-order chi connectivity index (χ1) is 14.4. The predicted octanol–water partition coefficient (Wildman–Crippen LogP) is 3.58. The second kappa shape index (κ2) is 8.65. The lowest BCUT2D eigenvalue weighted by atomic mass is 10.1. The van der Waals surface area contributed by atoms with Crippen LogP contribution in [0.3, 0.4) is 0 Å². The summed E-state index contributed by atoms with van der Waals surface area (Å²) in [7, 11) is -3.59. The van der Waals surface area contributed by atoms with Crippen LogP contribution in [-0.2, 0) is 10.0 Å². The van der Waals surface area contributed by atoms with Crippen molar-refractivity contribution in [2.24, 2.45) is 0 Å². The third kappa shape index (κ3) is 4.29. The highest BCUT2D eigenvalue weighted by molar-refractivity contribution is 7.89. The lowest BCUT2D eigenvalue weighted by Crippen LogP contribution is -2.36. The van der Waals surface area contributed by atoms with E-state index in [1.807, 2.05) is 0 Å². The molecule has 0 aliphatic carbocycles. The highest BCUT2D eigenvalue weighted by atomic mass is 32.2. The fourth-order valence-corrected chi connectivity index (χ4v) is 5.48. The molecule has 0 atom stereocenters. The van der Waals surface area contributed by atoms with Crippen LogP contribution in [0.1, 0.15) is 41.6 Å². The Morgan fingerprint density at radius 3 is 2.43 bits per heavy atom. The van der Waals surface area contributed by atoms with Crippen LogP contribution in [-0.4, -0.2) is 44.9 Å². The number of piperidine rings is 1. The summed E-state index contributed by atoms with van der Waals surface area (Å²) >= 11 is 0. The van der Waals surface area contributed by atoms with Gasteiger partial charge in [0.25, 0.3) is 5.91 Å². The maximum atomic E-state index is 13.1. The molecule has 0 unspecified atom stereocenters. The van der Waals surface area contributed by atoms with Crippen molar-refractivity contribution in [2.45, 2.75) is 37.5 Å². The van der Waals surface area contributed by atoms with Gasteiger partial charge < -0.3 is 14.8 Å². The fraction of sp³-hybridized carbons (Fsp3) is 0.409. The molecule has 0 aromatic heterocycles. The molecule has 0 bridgehead atoms. The maximum absolute atomic E-state index is 13.1. The average Bonchev–Trinajstić information content (AvgIpc) is 3.00. The average molecular weight is 431 g/mol. The molecule has 2 aliphatic heterocycles. The molecule has 2 aliphatic rings. The normalized spacial score (nSPS) is 17.2. The number of fused-ring (bicyclic) bond motifs is 1. The topological polar surface area (TPSA) is 84.9 Å². The van der Waals surface area contributed by atoms with Crippen LogP contribution >= 0.6 is 0 Å². The third-order valence-electron chi connectivity index (χ3n) is 5.39. The number of benzene rings is 2. The van der Waals surface area contributed by atoms with Gasteiger partial charge in [0.2, 0.25) is 10.0 Å². The molecule has 1 saturated heterocycles. The zero-order valence-corrected chi connectivity index (χ0v) is 17.8. The Morgan fingerprint density at radius 2 is 1.67 bits per heavy atom. The molecular formula is C22H26N2O5S. The minimum Gasteiger partial charge on any atom is -0.490 e. The summed E-state index contributed by atoms with van der Waals surface area (Å²) in [4.78, 5) is 13.0. The SMILES string of the molecule is Cc1ccc(NC(=O)c2ccc3c(c2)OCCCO3)cc1S(=O)(=O)N1CCCCC1. The predicted molar refractivity (Wildman–Crippen MR) is 114 cm³/mol. The fourth-order valence-electron chi connectivity index (χ4n) is 3.71. The van der Waals surface area contributed by atoms with E-state index in [1.54, 1.807) is 43.3 Å². The van der Waals surface area contributed by atoms with Gasteiger partial charge >= 0.3 is 0 Å². The van der Waals surface area contributed by atoms with Crippen LogP contribution < -0.4 is 14.8 Å². The second-order valence-corrected chi connectivity index (χ2v) is 9.52. The van der Waals surface area contributed by atoms with E-state index in [4.69, 9.17) is 9.47 Å². The van der Waals surface area contributed by atoms with E-state index >= 15 is 0 Å². The minimum absolute atomic E-state index is 0.237. The van der Waals surface area contributed by atoms with Crippen LogP contribution in [0.5, 0.6) is 11.5 Å². The number of ether oxygens (including phenoxy) is 2. The Labute approximate surface area is 177 Å². The smallest absolute Gasteiger partial charge is 0.255 e. The van der Waals surface area contributed by atoms with Crippen molar-refractivity contribution in [3.05, 3.63) is 47.5 Å². The molecule has 0 spiro atoms. The summed E-state index contributed by atoms with van der Waals surface area (Å²) in [5.74, 6) is 0.822. The van der Waals surface area contributed by atoms with Crippen molar-refractivity contribution in [1.29, 1.82) is 0 Å². The number of anilines is 1. The van der Waals surface area contributed by atoms with Crippen molar-refractivity contribution < 1.29 is 22.7 Å². The third-order valence-corrected chi connectivity index (χ3v) is 7.43. The molecule has 4 rings (SSSR count). The van der Waals surface area contributed by atoms with E-state index in [-0.39, 0.29) is 10.8 Å². The van der Waals surface area contributed by atoms with Gasteiger partial charge in [-0.2, -0.15) is 4.31 Å². The number of aryl methyl sites for hydroxylation is 1. The van der Waals surface area contributed by atoms with Crippen molar-refractivity contribution in [1.82, 2.24) is 4.31 Å². The number of amides is 1. The lowest BCUT2D eigenvalue weighted by molar-refractivity contribution is 0.102. The highest BCUT2D eigenvalue weighted by Crippen LogP contribution is 2.31. The summed E-state index contributed by atoms with van der Waals surface area (Å²) in [5.41, 5.74) is 1.52. The summed E-state index contributed by atoms with van der Waals surface area (Å²) < 4.78 is 39.0. The van der Waals surface area contributed by atoms with Crippen LogP contribution in [0.2, 0.25) is 0 Å². The summed E-state index contributed by atoms with van der Waals surface area (Å²) in [6.45, 7) is 3.96. The Bertz CT molecular complexity index is 1050. The first-order valence-corrected chi connectivity index (χ1v) is 11.7. The van der Waals surface area contributed by atoms with Crippen LogP contribution in [0.15, 0.2) is 41.3 Å². The van der Waals surface area contributed by atoms with Crippen molar-refractivity contribution in [3.63, 3.8) is 0 Å². The molecule has 2 aromatic carbocycles. The molecular weight excluding hydrogens is 404 g/mol. The summed E-state index contributed by atoms with van der Waals surface area (Å²) in [6.07, 6.45) is 3.59. The number of hydrogen-bond donors (Lipinski definition) is 1. The van der Waals surface area contributed by atoms with Gasteiger partial charge in [-0.1, -0.05) is 12.5 Å². The molecule has 0 radical (unpaired) electrons. The molecule has 1 fully saturated rings. The van der Waals surface area contributed by atoms with Gasteiger partial charge in [-0.15, -0.1) is 0 Å². The van der Waals surface area contributed by atoms with Gasteiger partial charge in [0.05, 0.1) is 18.1 Å². The molecule has 160 valence electrons. The van der Waals surface area contributed by atoms with Crippen molar-refractivity contribution in [2.75, 3.05) is 31.6 Å². The molecule has 2 aromatic rings. The Balaban J connectivity index is 1.56. The number of carbonyl (C=O) groups excluding carboxylic acids is 1.